The molecule has 146 valence electrons. The maximum Gasteiger partial charge on any atom is 0.192 e. The number of nitrogens with zero attached hydrogens (tertiary/aromatic N) is 4. The van der Waals surface area contributed by atoms with Gasteiger partial charge in [-0.05, 0) is 30.3 Å². The first kappa shape index (κ1) is 19.8. The Hall–Kier alpha value is -2.48. The minimum Gasteiger partial charge on any atom is -0.298 e. The molecular formula is C21H16ClFN4S2. The van der Waals surface area contributed by atoms with E-state index in [1.54, 1.807) is 41.3 Å². The Labute approximate surface area is 181 Å². The Kier molecular flexibility index (Phi) is 6.08. The summed E-state index contributed by atoms with van der Waals surface area (Å²) < 4.78 is 15.2. The maximum absolute atomic E-state index is 13.2. The molecule has 0 radical (unpaired) electrons. The zero-order valence-corrected chi connectivity index (χ0v) is 17.6. The molecule has 8 heteroatoms. The van der Waals surface area contributed by atoms with Crippen LogP contribution in [-0.2, 0) is 12.3 Å². The summed E-state index contributed by atoms with van der Waals surface area (Å²) in [6, 6.07) is 13.9. The summed E-state index contributed by atoms with van der Waals surface area (Å²) in [5.41, 5.74) is 2.69. The Morgan fingerprint density at radius 3 is 2.69 bits per heavy atom. The SMILES string of the molecule is C=CCn1c(SCc2csc(-c3ccccc3Cl)n2)nnc1-c1ccc(F)cc1. The molecule has 0 bridgehead atoms. The van der Waals surface area contributed by atoms with E-state index in [0.29, 0.717) is 23.1 Å². The number of allylic oxidation sites excluding steroid dienone is 1. The number of thiazole rings is 1. The molecule has 2 aromatic heterocycles. The highest BCUT2D eigenvalue weighted by Gasteiger charge is 2.15. The van der Waals surface area contributed by atoms with Crippen molar-refractivity contribution in [3.05, 3.63) is 83.1 Å². The number of rotatable bonds is 7. The lowest BCUT2D eigenvalue weighted by atomic mass is 10.2. The Bertz CT molecular complexity index is 1140. The summed E-state index contributed by atoms with van der Waals surface area (Å²) in [5.74, 6) is 1.05. The van der Waals surface area contributed by atoms with E-state index in [0.717, 1.165) is 27.0 Å². The normalized spacial score (nSPS) is 11.0. The highest BCUT2D eigenvalue weighted by Crippen LogP contribution is 2.32. The fourth-order valence-corrected chi connectivity index (χ4v) is 4.86. The second kappa shape index (κ2) is 8.90. The Morgan fingerprint density at radius 2 is 1.93 bits per heavy atom. The number of hydrogen-bond acceptors (Lipinski definition) is 5. The van der Waals surface area contributed by atoms with Crippen LogP contribution in [0.2, 0.25) is 5.02 Å². The predicted molar refractivity (Wildman–Crippen MR) is 118 cm³/mol. The van der Waals surface area contributed by atoms with Crippen LogP contribution >= 0.6 is 34.7 Å². The van der Waals surface area contributed by atoms with Gasteiger partial charge in [0.05, 0.1) is 10.7 Å². The van der Waals surface area contributed by atoms with Gasteiger partial charge in [0.15, 0.2) is 11.0 Å². The molecular weight excluding hydrogens is 427 g/mol. The van der Waals surface area contributed by atoms with Gasteiger partial charge >= 0.3 is 0 Å². The largest absolute Gasteiger partial charge is 0.298 e. The third kappa shape index (κ3) is 4.42. The van der Waals surface area contributed by atoms with Gasteiger partial charge in [0, 0.05) is 28.8 Å². The first-order valence-electron chi connectivity index (χ1n) is 8.78. The number of thioether (sulfide) groups is 1. The molecule has 2 heterocycles. The van der Waals surface area contributed by atoms with Crippen LogP contribution < -0.4 is 0 Å². The fraction of sp³-hybridized carbons (Fsp3) is 0.0952. The minimum atomic E-state index is -0.281. The van der Waals surface area contributed by atoms with E-state index < -0.39 is 0 Å². The Balaban J connectivity index is 1.54. The lowest BCUT2D eigenvalue weighted by Crippen LogP contribution is -2.00. The van der Waals surface area contributed by atoms with Crippen molar-refractivity contribution in [3.8, 4) is 22.0 Å². The third-order valence-corrected chi connectivity index (χ3v) is 6.39. The van der Waals surface area contributed by atoms with Crippen molar-refractivity contribution in [1.82, 2.24) is 19.7 Å². The van der Waals surface area contributed by atoms with Crippen LogP contribution in [0.1, 0.15) is 5.69 Å². The molecule has 0 aliphatic carbocycles. The van der Waals surface area contributed by atoms with E-state index in [-0.39, 0.29) is 5.82 Å². The molecule has 0 saturated heterocycles. The first-order valence-corrected chi connectivity index (χ1v) is 11.0. The molecule has 0 atom stereocenters. The summed E-state index contributed by atoms with van der Waals surface area (Å²) in [6.45, 7) is 4.38. The van der Waals surface area contributed by atoms with Crippen molar-refractivity contribution >= 4 is 34.7 Å². The van der Waals surface area contributed by atoms with Crippen molar-refractivity contribution in [2.45, 2.75) is 17.5 Å². The van der Waals surface area contributed by atoms with Gasteiger partial charge in [-0.1, -0.05) is 47.6 Å². The van der Waals surface area contributed by atoms with Gasteiger partial charge in [0.2, 0.25) is 0 Å². The topological polar surface area (TPSA) is 43.6 Å². The molecule has 0 saturated carbocycles. The van der Waals surface area contributed by atoms with E-state index in [1.165, 1.54) is 12.1 Å². The minimum absolute atomic E-state index is 0.281. The number of aromatic nitrogens is 4. The second-order valence-corrected chi connectivity index (χ2v) is 8.33. The molecule has 0 unspecified atom stereocenters. The van der Waals surface area contributed by atoms with Crippen LogP contribution in [0.25, 0.3) is 22.0 Å². The molecule has 0 spiro atoms. The van der Waals surface area contributed by atoms with Gasteiger partial charge in [-0.25, -0.2) is 9.37 Å². The zero-order chi connectivity index (χ0) is 20.2. The summed E-state index contributed by atoms with van der Waals surface area (Å²) >= 11 is 9.39. The molecule has 0 aliphatic heterocycles. The number of hydrogen-bond donors (Lipinski definition) is 0. The van der Waals surface area contributed by atoms with Crippen LogP contribution in [0, 0.1) is 5.82 Å². The molecule has 0 amide bonds. The quantitative estimate of drug-likeness (QED) is 0.247. The van der Waals surface area contributed by atoms with E-state index >= 15 is 0 Å². The summed E-state index contributed by atoms with van der Waals surface area (Å²) in [6.07, 6.45) is 1.79. The molecule has 0 N–H and O–H groups in total. The van der Waals surface area contributed by atoms with Gasteiger partial charge in [-0.3, -0.25) is 4.57 Å². The molecule has 4 rings (SSSR count). The van der Waals surface area contributed by atoms with Crippen molar-refractivity contribution in [2.24, 2.45) is 0 Å². The second-order valence-electron chi connectivity index (χ2n) is 6.12. The van der Waals surface area contributed by atoms with Crippen molar-refractivity contribution in [1.29, 1.82) is 0 Å². The van der Waals surface area contributed by atoms with Crippen LogP contribution in [-0.4, -0.2) is 19.7 Å². The van der Waals surface area contributed by atoms with E-state index in [9.17, 15) is 4.39 Å². The number of halogens is 2. The lowest BCUT2D eigenvalue weighted by Gasteiger charge is -2.07. The average molecular weight is 443 g/mol. The zero-order valence-electron chi connectivity index (χ0n) is 15.3. The molecule has 2 aromatic carbocycles. The van der Waals surface area contributed by atoms with E-state index in [4.69, 9.17) is 16.6 Å². The number of benzene rings is 2. The smallest absolute Gasteiger partial charge is 0.192 e. The lowest BCUT2D eigenvalue weighted by molar-refractivity contribution is 0.628. The van der Waals surface area contributed by atoms with E-state index in [2.05, 4.69) is 16.8 Å². The monoisotopic (exact) mass is 442 g/mol. The molecule has 4 nitrogen and oxygen atoms in total. The van der Waals surface area contributed by atoms with Crippen LogP contribution in [0.4, 0.5) is 4.39 Å². The van der Waals surface area contributed by atoms with Gasteiger partial charge < -0.3 is 0 Å². The first-order chi connectivity index (χ1) is 14.2. The summed E-state index contributed by atoms with van der Waals surface area (Å²) in [5, 5.41) is 13.0. The maximum atomic E-state index is 13.2. The average Bonchev–Trinajstić information content (AvgIpc) is 3.35. The fourth-order valence-electron chi connectivity index (χ4n) is 2.77. The van der Waals surface area contributed by atoms with Crippen LogP contribution in [0.5, 0.6) is 0 Å². The highest BCUT2D eigenvalue weighted by molar-refractivity contribution is 7.98. The van der Waals surface area contributed by atoms with Gasteiger partial charge in [0.1, 0.15) is 10.8 Å². The third-order valence-electron chi connectivity index (χ3n) is 4.14. The van der Waals surface area contributed by atoms with Crippen molar-refractivity contribution < 1.29 is 4.39 Å². The standard InChI is InChI=1S/C21H16ClFN4S2/c1-2-11-27-19(14-7-9-15(23)10-8-14)25-26-21(27)29-13-16-12-28-20(24-16)17-5-3-4-6-18(17)22/h2-10,12H,1,11,13H2. The van der Waals surface area contributed by atoms with Gasteiger partial charge in [0.25, 0.3) is 0 Å². The van der Waals surface area contributed by atoms with Crippen LogP contribution in [0.3, 0.4) is 0 Å². The van der Waals surface area contributed by atoms with Crippen LogP contribution in [0.15, 0.2) is 71.7 Å². The van der Waals surface area contributed by atoms with Crippen molar-refractivity contribution in [2.75, 3.05) is 0 Å². The van der Waals surface area contributed by atoms with Gasteiger partial charge in [-0.2, -0.15) is 0 Å². The highest BCUT2D eigenvalue weighted by atomic mass is 35.5. The molecule has 4 aromatic rings. The van der Waals surface area contributed by atoms with Crippen molar-refractivity contribution in [3.63, 3.8) is 0 Å². The molecule has 29 heavy (non-hydrogen) atoms. The van der Waals surface area contributed by atoms with Gasteiger partial charge in [-0.15, -0.1) is 28.1 Å². The van der Waals surface area contributed by atoms with E-state index in [1.807, 2.05) is 34.2 Å². The molecule has 0 aliphatic rings. The summed E-state index contributed by atoms with van der Waals surface area (Å²) in [7, 11) is 0. The Morgan fingerprint density at radius 1 is 1.14 bits per heavy atom. The molecule has 0 fully saturated rings. The predicted octanol–water partition coefficient (Wildman–Crippen LogP) is 6.34. The summed E-state index contributed by atoms with van der Waals surface area (Å²) in [4.78, 5) is 4.70.